The maximum absolute atomic E-state index is 3.88. The molecule has 0 saturated heterocycles. The average molecular weight is 317 g/mol. The molecule has 24 heavy (non-hydrogen) atoms. The van der Waals surface area contributed by atoms with Crippen molar-refractivity contribution in [3.63, 3.8) is 0 Å². The molecule has 0 unspecified atom stereocenters. The molecule has 2 aliphatic rings. The van der Waals surface area contributed by atoms with Crippen LogP contribution in [0.4, 0.5) is 0 Å². The molecular weight excluding hydrogens is 290 g/mol. The van der Waals surface area contributed by atoms with E-state index in [1.807, 2.05) is 0 Å². The van der Waals surface area contributed by atoms with Crippen LogP contribution in [-0.4, -0.2) is 6.54 Å². The molecule has 2 aromatic rings. The number of allylic oxidation sites excluding steroid dienone is 1. The molecule has 0 radical (unpaired) electrons. The normalized spacial score (nSPS) is 17.6. The van der Waals surface area contributed by atoms with Crippen LogP contribution in [0, 0.1) is 0 Å². The van der Waals surface area contributed by atoms with Crippen molar-refractivity contribution in [2.24, 2.45) is 0 Å². The lowest BCUT2D eigenvalue weighted by Gasteiger charge is -2.23. The van der Waals surface area contributed by atoms with Gasteiger partial charge in [0.15, 0.2) is 0 Å². The van der Waals surface area contributed by atoms with E-state index in [0.29, 0.717) is 6.04 Å². The third-order valence-corrected chi connectivity index (χ3v) is 5.58. The Bertz CT molecular complexity index is 681. The van der Waals surface area contributed by atoms with E-state index in [4.69, 9.17) is 0 Å². The molecular formula is C23H27N. The SMILES string of the molecule is C1=C(CCNC2c3ccccc3CCc3ccccc32)CCCC1. The van der Waals surface area contributed by atoms with Crippen LogP contribution in [0.25, 0.3) is 0 Å². The van der Waals surface area contributed by atoms with Gasteiger partial charge in [-0.15, -0.1) is 0 Å². The van der Waals surface area contributed by atoms with Gasteiger partial charge < -0.3 is 5.32 Å². The summed E-state index contributed by atoms with van der Waals surface area (Å²) < 4.78 is 0. The lowest BCUT2D eigenvalue weighted by molar-refractivity contribution is 0.584. The van der Waals surface area contributed by atoms with Crippen LogP contribution in [0.2, 0.25) is 0 Å². The van der Waals surface area contributed by atoms with Crippen molar-refractivity contribution < 1.29 is 0 Å². The first-order valence-electron chi connectivity index (χ1n) is 9.49. The van der Waals surface area contributed by atoms with Gasteiger partial charge in [-0.2, -0.15) is 0 Å². The number of hydrogen-bond acceptors (Lipinski definition) is 1. The molecule has 0 spiro atoms. The Morgan fingerprint density at radius 3 is 2.08 bits per heavy atom. The summed E-state index contributed by atoms with van der Waals surface area (Å²) >= 11 is 0. The highest BCUT2D eigenvalue weighted by Gasteiger charge is 2.22. The largest absolute Gasteiger partial charge is 0.306 e. The van der Waals surface area contributed by atoms with Crippen molar-refractivity contribution >= 4 is 0 Å². The van der Waals surface area contributed by atoms with Crippen molar-refractivity contribution in [3.05, 3.63) is 82.4 Å². The summed E-state index contributed by atoms with van der Waals surface area (Å²) in [5, 5.41) is 3.88. The highest BCUT2D eigenvalue weighted by atomic mass is 14.9. The van der Waals surface area contributed by atoms with Gasteiger partial charge in [0.05, 0.1) is 6.04 Å². The van der Waals surface area contributed by atoms with Gasteiger partial charge in [0, 0.05) is 0 Å². The van der Waals surface area contributed by atoms with Gasteiger partial charge in [-0.1, -0.05) is 60.2 Å². The minimum absolute atomic E-state index is 0.337. The minimum atomic E-state index is 0.337. The van der Waals surface area contributed by atoms with Crippen LogP contribution in [0.1, 0.15) is 60.4 Å². The molecule has 0 atom stereocenters. The fourth-order valence-electron chi connectivity index (χ4n) is 4.25. The summed E-state index contributed by atoms with van der Waals surface area (Å²) in [6.45, 7) is 1.07. The zero-order chi connectivity index (χ0) is 16.2. The highest BCUT2D eigenvalue weighted by Crippen LogP contribution is 2.32. The van der Waals surface area contributed by atoms with E-state index >= 15 is 0 Å². The molecule has 1 nitrogen and oxygen atoms in total. The Morgan fingerprint density at radius 1 is 0.792 bits per heavy atom. The molecule has 0 saturated carbocycles. The summed E-state index contributed by atoms with van der Waals surface area (Å²) in [4.78, 5) is 0. The van der Waals surface area contributed by atoms with E-state index in [2.05, 4.69) is 59.9 Å². The van der Waals surface area contributed by atoms with Gasteiger partial charge in [-0.05, 0) is 73.7 Å². The third kappa shape index (κ3) is 3.32. The van der Waals surface area contributed by atoms with Crippen molar-refractivity contribution in [2.75, 3.05) is 6.54 Å². The van der Waals surface area contributed by atoms with E-state index in [1.165, 1.54) is 54.4 Å². The second kappa shape index (κ2) is 7.36. The minimum Gasteiger partial charge on any atom is -0.306 e. The van der Waals surface area contributed by atoms with E-state index < -0.39 is 0 Å². The molecule has 124 valence electrons. The predicted octanol–water partition coefficient (Wildman–Crippen LogP) is 5.35. The number of benzene rings is 2. The molecule has 0 aliphatic heterocycles. The number of aryl methyl sites for hydroxylation is 2. The van der Waals surface area contributed by atoms with E-state index in [1.54, 1.807) is 5.57 Å². The molecule has 2 aromatic carbocycles. The molecule has 0 aromatic heterocycles. The smallest absolute Gasteiger partial charge is 0.0582 e. The summed E-state index contributed by atoms with van der Waals surface area (Å²) in [5.41, 5.74) is 7.61. The summed E-state index contributed by atoms with van der Waals surface area (Å²) in [7, 11) is 0. The Hall–Kier alpha value is -1.86. The number of nitrogens with one attached hydrogen (secondary N) is 1. The van der Waals surface area contributed by atoms with Gasteiger partial charge in [-0.25, -0.2) is 0 Å². The second-order valence-corrected chi connectivity index (χ2v) is 7.14. The average Bonchev–Trinajstić information content (AvgIpc) is 2.80. The summed E-state index contributed by atoms with van der Waals surface area (Å²) in [6.07, 6.45) is 11.3. The Labute approximate surface area is 145 Å². The predicted molar refractivity (Wildman–Crippen MR) is 101 cm³/mol. The van der Waals surface area contributed by atoms with Crippen LogP contribution in [-0.2, 0) is 12.8 Å². The van der Waals surface area contributed by atoms with Crippen molar-refractivity contribution in [1.82, 2.24) is 5.32 Å². The zero-order valence-corrected chi connectivity index (χ0v) is 14.4. The molecule has 1 heteroatoms. The van der Waals surface area contributed by atoms with Crippen molar-refractivity contribution in [1.29, 1.82) is 0 Å². The highest BCUT2D eigenvalue weighted by molar-refractivity contribution is 5.44. The van der Waals surface area contributed by atoms with Gasteiger partial charge in [-0.3, -0.25) is 0 Å². The number of hydrogen-bond donors (Lipinski definition) is 1. The maximum Gasteiger partial charge on any atom is 0.0582 e. The van der Waals surface area contributed by atoms with Crippen LogP contribution in [0.15, 0.2) is 60.2 Å². The lowest BCUT2D eigenvalue weighted by Crippen LogP contribution is -2.25. The van der Waals surface area contributed by atoms with Gasteiger partial charge in [0.1, 0.15) is 0 Å². The number of rotatable bonds is 4. The fraction of sp³-hybridized carbons (Fsp3) is 0.391. The van der Waals surface area contributed by atoms with Crippen LogP contribution >= 0.6 is 0 Å². The Kier molecular flexibility index (Phi) is 4.80. The Balaban J connectivity index is 1.57. The first kappa shape index (κ1) is 15.7. The first-order valence-corrected chi connectivity index (χ1v) is 9.49. The van der Waals surface area contributed by atoms with E-state index in [0.717, 1.165) is 19.4 Å². The van der Waals surface area contributed by atoms with E-state index in [-0.39, 0.29) is 0 Å². The standard InChI is InChI=1S/C23H27N/c1-2-8-18(9-3-1)16-17-24-23-21-12-6-4-10-19(21)14-15-20-11-5-7-13-22(20)23/h4-8,10-13,23-24H,1-3,9,14-17H2. The van der Waals surface area contributed by atoms with E-state index in [9.17, 15) is 0 Å². The summed E-state index contributed by atoms with van der Waals surface area (Å²) in [6, 6.07) is 18.3. The molecule has 1 N–H and O–H groups in total. The van der Waals surface area contributed by atoms with Gasteiger partial charge in [0.25, 0.3) is 0 Å². The van der Waals surface area contributed by atoms with Crippen LogP contribution < -0.4 is 5.32 Å². The Morgan fingerprint density at radius 2 is 1.46 bits per heavy atom. The lowest BCUT2D eigenvalue weighted by atomic mass is 9.93. The fourth-order valence-corrected chi connectivity index (χ4v) is 4.25. The molecule has 0 amide bonds. The zero-order valence-electron chi connectivity index (χ0n) is 14.4. The molecule has 0 fully saturated rings. The third-order valence-electron chi connectivity index (χ3n) is 5.58. The van der Waals surface area contributed by atoms with Crippen LogP contribution in [0.5, 0.6) is 0 Å². The first-order chi connectivity index (χ1) is 11.9. The van der Waals surface area contributed by atoms with Gasteiger partial charge in [0.2, 0.25) is 0 Å². The van der Waals surface area contributed by atoms with Crippen LogP contribution in [0.3, 0.4) is 0 Å². The number of fused-ring (bicyclic) bond motifs is 2. The summed E-state index contributed by atoms with van der Waals surface area (Å²) in [5.74, 6) is 0. The molecule has 0 bridgehead atoms. The molecule has 2 aliphatic carbocycles. The van der Waals surface area contributed by atoms with Crippen molar-refractivity contribution in [3.8, 4) is 0 Å². The monoisotopic (exact) mass is 317 g/mol. The van der Waals surface area contributed by atoms with Gasteiger partial charge >= 0.3 is 0 Å². The maximum atomic E-state index is 3.88. The second-order valence-electron chi connectivity index (χ2n) is 7.14. The quantitative estimate of drug-likeness (QED) is 0.749. The molecule has 0 heterocycles. The van der Waals surface area contributed by atoms with Crippen molar-refractivity contribution in [2.45, 2.75) is 51.0 Å². The topological polar surface area (TPSA) is 12.0 Å². The molecule has 4 rings (SSSR count).